The van der Waals surface area contributed by atoms with Gasteiger partial charge in [-0.15, -0.1) is 0 Å². The molecule has 1 rings (SSSR count). The van der Waals surface area contributed by atoms with Crippen LogP contribution in [-0.2, 0) is 0 Å². The quantitative estimate of drug-likeness (QED) is 0.783. The third kappa shape index (κ3) is 3.39. The molecule has 17 heavy (non-hydrogen) atoms. The first-order valence-electron chi connectivity index (χ1n) is 5.57. The molecule has 92 valence electrons. The van der Waals surface area contributed by atoms with Crippen molar-refractivity contribution < 1.29 is 14.7 Å². The summed E-state index contributed by atoms with van der Waals surface area (Å²) in [6, 6.07) is 6.64. The van der Waals surface area contributed by atoms with Crippen LogP contribution in [0.25, 0.3) is 0 Å². The predicted octanol–water partition coefficient (Wildman–Crippen LogP) is 1.34. The minimum absolute atomic E-state index is 0.250. The molecule has 1 unspecified atom stereocenters. The Morgan fingerprint density at radius 3 is 2.71 bits per heavy atom. The van der Waals surface area contributed by atoms with Crippen LogP contribution in [0.2, 0.25) is 0 Å². The number of rotatable bonds is 5. The molecule has 0 fully saturated rings. The number of aldehydes is 1. The highest BCUT2D eigenvalue weighted by molar-refractivity contribution is 6.01. The lowest BCUT2D eigenvalue weighted by molar-refractivity contribution is 0.0674. The first-order valence-corrected chi connectivity index (χ1v) is 5.57. The van der Waals surface area contributed by atoms with Crippen LogP contribution in [0.4, 0.5) is 0 Å². The number of carbonyl (C=O) groups is 2. The topological polar surface area (TPSA) is 57.6 Å². The Balaban J connectivity index is 2.85. The molecule has 0 saturated carbocycles. The molecule has 1 N–H and O–H groups in total. The van der Waals surface area contributed by atoms with Gasteiger partial charge in [0.1, 0.15) is 0 Å². The molecule has 0 bridgehead atoms. The summed E-state index contributed by atoms with van der Waals surface area (Å²) in [5.74, 6) is -0.250. The molecule has 1 aromatic rings. The summed E-state index contributed by atoms with van der Waals surface area (Å²) in [5.41, 5.74) is 0.739. The van der Waals surface area contributed by atoms with Gasteiger partial charge >= 0.3 is 0 Å². The van der Waals surface area contributed by atoms with Crippen molar-refractivity contribution in [1.29, 1.82) is 0 Å². The van der Waals surface area contributed by atoms with Gasteiger partial charge in [0.2, 0.25) is 0 Å². The number of likely N-dealkylation sites (N-methyl/N-ethyl adjacent to an activating group) is 1. The van der Waals surface area contributed by atoms with E-state index in [1.807, 2.05) is 6.92 Å². The van der Waals surface area contributed by atoms with Crippen molar-refractivity contribution in [2.45, 2.75) is 19.4 Å². The summed E-state index contributed by atoms with van der Waals surface area (Å²) in [6.45, 7) is 2.12. The Hall–Kier alpha value is -1.68. The second-order valence-corrected chi connectivity index (χ2v) is 3.95. The van der Waals surface area contributed by atoms with Gasteiger partial charge in [-0.1, -0.05) is 25.1 Å². The fourth-order valence-electron chi connectivity index (χ4n) is 1.53. The molecule has 0 radical (unpaired) electrons. The highest BCUT2D eigenvalue weighted by atomic mass is 16.3. The second-order valence-electron chi connectivity index (χ2n) is 3.95. The minimum Gasteiger partial charge on any atom is -0.391 e. The smallest absolute Gasteiger partial charge is 0.254 e. The van der Waals surface area contributed by atoms with Crippen LogP contribution < -0.4 is 0 Å². The summed E-state index contributed by atoms with van der Waals surface area (Å²) in [4.78, 5) is 24.3. The van der Waals surface area contributed by atoms with Gasteiger partial charge in [-0.25, -0.2) is 0 Å². The summed E-state index contributed by atoms with van der Waals surface area (Å²) < 4.78 is 0. The minimum atomic E-state index is -0.535. The van der Waals surface area contributed by atoms with E-state index in [0.717, 1.165) is 0 Å². The summed E-state index contributed by atoms with van der Waals surface area (Å²) in [5, 5.41) is 9.49. The molecule has 4 nitrogen and oxygen atoms in total. The highest BCUT2D eigenvalue weighted by Gasteiger charge is 2.16. The van der Waals surface area contributed by atoms with Gasteiger partial charge < -0.3 is 10.0 Å². The molecule has 4 heteroatoms. The number of hydrogen-bond acceptors (Lipinski definition) is 3. The Morgan fingerprint density at radius 2 is 2.12 bits per heavy atom. The van der Waals surface area contributed by atoms with Crippen molar-refractivity contribution in [3.63, 3.8) is 0 Å². The van der Waals surface area contributed by atoms with Crippen molar-refractivity contribution in [2.75, 3.05) is 13.6 Å². The molecule has 0 heterocycles. The maximum absolute atomic E-state index is 12.0. The van der Waals surface area contributed by atoms with Crippen LogP contribution in [0.3, 0.4) is 0 Å². The number of amides is 1. The average molecular weight is 235 g/mol. The molecule has 0 aliphatic rings. The fraction of sp³-hybridized carbons (Fsp3) is 0.385. The van der Waals surface area contributed by atoms with Gasteiger partial charge in [-0.3, -0.25) is 9.59 Å². The van der Waals surface area contributed by atoms with E-state index in [-0.39, 0.29) is 12.5 Å². The van der Waals surface area contributed by atoms with E-state index in [9.17, 15) is 14.7 Å². The molecule has 0 aliphatic carbocycles. The zero-order valence-electron chi connectivity index (χ0n) is 10.1. The lowest BCUT2D eigenvalue weighted by Crippen LogP contribution is -2.34. The second kappa shape index (κ2) is 6.15. The number of nitrogens with zero attached hydrogens (tertiary/aromatic N) is 1. The Kier molecular flexibility index (Phi) is 4.84. The molecule has 1 aromatic carbocycles. The van der Waals surface area contributed by atoms with Crippen LogP contribution in [-0.4, -0.2) is 41.9 Å². The monoisotopic (exact) mass is 235 g/mol. The number of aliphatic hydroxyl groups is 1. The van der Waals surface area contributed by atoms with E-state index in [1.165, 1.54) is 4.90 Å². The Bertz CT molecular complexity index is 403. The van der Waals surface area contributed by atoms with Crippen molar-refractivity contribution in [3.8, 4) is 0 Å². The van der Waals surface area contributed by atoms with E-state index < -0.39 is 6.10 Å². The zero-order chi connectivity index (χ0) is 12.8. The van der Waals surface area contributed by atoms with E-state index in [2.05, 4.69) is 0 Å². The molecular formula is C13H17NO3. The Labute approximate surface area is 101 Å². The summed E-state index contributed by atoms with van der Waals surface area (Å²) in [6.07, 6.45) is 0.719. The highest BCUT2D eigenvalue weighted by Crippen LogP contribution is 2.09. The maximum atomic E-state index is 12.0. The molecule has 0 saturated heterocycles. The van der Waals surface area contributed by atoms with Gasteiger partial charge in [-0.05, 0) is 12.5 Å². The van der Waals surface area contributed by atoms with Crippen molar-refractivity contribution in [2.24, 2.45) is 0 Å². The van der Waals surface area contributed by atoms with Gasteiger partial charge in [0.05, 0.1) is 11.7 Å². The van der Waals surface area contributed by atoms with Crippen LogP contribution >= 0.6 is 0 Å². The van der Waals surface area contributed by atoms with Gasteiger partial charge in [0.25, 0.3) is 5.91 Å². The largest absolute Gasteiger partial charge is 0.391 e. The molecule has 0 spiro atoms. The van der Waals surface area contributed by atoms with E-state index >= 15 is 0 Å². The SMILES string of the molecule is CCC(O)CN(C)C(=O)c1ccccc1C=O. The van der Waals surface area contributed by atoms with Crippen molar-refractivity contribution >= 4 is 12.2 Å². The first-order chi connectivity index (χ1) is 8.10. The standard InChI is InChI=1S/C13H17NO3/c1-3-11(16)8-14(2)13(17)12-7-5-4-6-10(12)9-15/h4-7,9,11,16H,3,8H2,1-2H3. The number of carbonyl (C=O) groups excluding carboxylic acids is 2. The van der Waals surface area contributed by atoms with E-state index in [0.29, 0.717) is 23.8 Å². The van der Waals surface area contributed by atoms with Gasteiger partial charge in [0, 0.05) is 19.2 Å². The van der Waals surface area contributed by atoms with Crippen molar-refractivity contribution in [1.82, 2.24) is 4.90 Å². The summed E-state index contributed by atoms with van der Waals surface area (Å²) >= 11 is 0. The third-order valence-corrected chi connectivity index (χ3v) is 2.62. The van der Waals surface area contributed by atoms with Gasteiger partial charge in [0.15, 0.2) is 6.29 Å². The molecule has 0 aromatic heterocycles. The van der Waals surface area contributed by atoms with Gasteiger partial charge in [-0.2, -0.15) is 0 Å². The van der Waals surface area contributed by atoms with E-state index in [1.54, 1.807) is 31.3 Å². The van der Waals surface area contributed by atoms with E-state index in [4.69, 9.17) is 0 Å². The number of hydrogen-bond donors (Lipinski definition) is 1. The van der Waals surface area contributed by atoms with Crippen LogP contribution in [0, 0.1) is 0 Å². The summed E-state index contributed by atoms with van der Waals surface area (Å²) in [7, 11) is 1.61. The van der Waals surface area contributed by atoms with Crippen LogP contribution in [0.5, 0.6) is 0 Å². The maximum Gasteiger partial charge on any atom is 0.254 e. The number of aliphatic hydroxyl groups excluding tert-OH is 1. The average Bonchev–Trinajstić information content (AvgIpc) is 2.37. The molecule has 1 atom stereocenters. The molecular weight excluding hydrogens is 218 g/mol. The third-order valence-electron chi connectivity index (χ3n) is 2.62. The van der Waals surface area contributed by atoms with Crippen molar-refractivity contribution in [3.05, 3.63) is 35.4 Å². The van der Waals surface area contributed by atoms with Crippen LogP contribution in [0.1, 0.15) is 34.1 Å². The molecule has 0 aliphatic heterocycles. The molecule has 1 amide bonds. The Morgan fingerprint density at radius 1 is 1.47 bits per heavy atom. The lowest BCUT2D eigenvalue weighted by Gasteiger charge is -2.20. The fourth-order valence-corrected chi connectivity index (χ4v) is 1.53. The predicted molar refractivity (Wildman–Crippen MR) is 65.1 cm³/mol. The zero-order valence-corrected chi connectivity index (χ0v) is 10.1. The number of benzene rings is 1. The van der Waals surface area contributed by atoms with Crippen LogP contribution in [0.15, 0.2) is 24.3 Å². The normalized spacial score (nSPS) is 11.9. The first kappa shape index (κ1) is 13.4. The lowest BCUT2D eigenvalue weighted by atomic mass is 10.1.